The number of fused-ring (bicyclic) bond motifs is 1. The Balaban J connectivity index is 2.09. The van der Waals surface area contributed by atoms with Crippen molar-refractivity contribution >= 4 is 22.9 Å². The van der Waals surface area contributed by atoms with Crippen LogP contribution in [0, 0.1) is 0 Å². The van der Waals surface area contributed by atoms with Crippen LogP contribution in [-0.2, 0) is 11.2 Å². The van der Waals surface area contributed by atoms with Crippen LogP contribution in [0.25, 0.3) is 11.0 Å². The second-order valence-electron chi connectivity index (χ2n) is 5.19. The van der Waals surface area contributed by atoms with Gasteiger partial charge in [0.25, 0.3) is 5.91 Å². The molecule has 1 aromatic heterocycles. The van der Waals surface area contributed by atoms with E-state index in [2.05, 4.69) is 10.6 Å². The van der Waals surface area contributed by atoms with E-state index >= 15 is 0 Å². The molecule has 0 spiro atoms. The van der Waals surface area contributed by atoms with Gasteiger partial charge in [-0.1, -0.05) is 13.3 Å². The molecule has 2 rings (SSSR count). The van der Waals surface area contributed by atoms with E-state index in [-0.39, 0.29) is 6.61 Å². The summed E-state index contributed by atoms with van der Waals surface area (Å²) >= 11 is 0. The molecule has 7 nitrogen and oxygen atoms in total. The lowest BCUT2D eigenvalue weighted by Crippen LogP contribution is -2.41. The lowest BCUT2D eigenvalue weighted by molar-refractivity contribution is -0.122. The lowest BCUT2D eigenvalue weighted by Gasteiger charge is -2.09. The summed E-state index contributed by atoms with van der Waals surface area (Å²) in [6.07, 6.45) is 1.69. The molecule has 0 aliphatic rings. The summed E-state index contributed by atoms with van der Waals surface area (Å²) in [6.45, 7) is 3.88. The molecule has 24 heavy (non-hydrogen) atoms. The Morgan fingerprint density at radius 1 is 1.21 bits per heavy atom. The van der Waals surface area contributed by atoms with Crippen LogP contribution in [0.4, 0.5) is 4.79 Å². The molecule has 128 valence electrons. The normalized spacial score (nSPS) is 10.4. The molecule has 7 heteroatoms. The van der Waals surface area contributed by atoms with Gasteiger partial charge in [0, 0.05) is 24.1 Å². The molecule has 2 N–H and O–H groups in total. The Bertz CT molecular complexity index is 797. The number of ether oxygens (including phenoxy) is 1. The Morgan fingerprint density at radius 2 is 2.00 bits per heavy atom. The summed E-state index contributed by atoms with van der Waals surface area (Å²) in [5.41, 5.74) is 0.911. The highest BCUT2D eigenvalue weighted by molar-refractivity contribution is 5.95. The highest BCUT2D eigenvalue weighted by Crippen LogP contribution is 2.23. The molecule has 1 aromatic carbocycles. The maximum atomic E-state index is 11.6. The number of benzene rings is 1. The van der Waals surface area contributed by atoms with E-state index in [0.717, 1.165) is 23.8 Å². The maximum Gasteiger partial charge on any atom is 0.336 e. The number of carbonyl (C=O) groups excluding carboxylic acids is 2. The van der Waals surface area contributed by atoms with E-state index < -0.39 is 17.6 Å². The average molecular weight is 332 g/mol. The van der Waals surface area contributed by atoms with Gasteiger partial charge in [0.2, 0.25) is 0 Å². The third-order valence-corrected chi connectivity index (χ3v) is 3.28. The van der Waals surface area contributed by atoms with Crippen molar-refractivity contribution in [3.8, 4) is 5.75 Å². The zero-order valence-corrected chi connectivity index (χ0v) is 13.7. The van der Waals surface area contributed by atoms with Crippen molar-refractivity contribution in [2.24, 2.45) is 0 Å². The number of imide groups is 1. The molecule has 1 heterocycles. The molecule has 0 aliphatic carbocycles. The lowest BCUT2D eigenvalue weighted by atomic mass is 10.1. The number of nitrogens with one attached hydrogen (secondary N) is 2. The van der Waals surface area contributed by atoms with Gasteiger partial charge in [0.1, 0.15) is 11.3 Å². The topological polar surface area (TPSA) is 97.6 Å². The van der Waals surface area contributed by atoms with Gasteiger partial charge in [-0.2, -0.15) is 0 Å². The minimum absolute atomic E-state index is 0.318. The maximum absolute atomic E-state index is 11.6. The fourth-order valence-corrected chi connectivity index (χ4v) is 2.29. The van der Waals surface area contributed by atoms with Crippen molar-refractivity contribution in [1.82, 2.24) is 10.6 Å². The first-order valence-corrected chi connectivity index (χ1v) is 7.80. The van der Waals surface area contributed by atoms with Crippen molar-refractivity contribution in [2.75, 3.05) is 13.2 Å². The average Bonchev–Trinajstić information content (AvgIpc) is 2.53. The van der Waals surface area contributed by atoms with Crippen LogP contribution in [0.1, 0.15) is 25.8 Å². The zero-order chi connectivity index (χ0) is 17.5. The van der Waals surface area contributed by atoms with Crippen LogP contribution in [0.2, 0.25) is 0 Å². The van der Waals surface area contributed by atoms with E-state index in [0.29, 0.717) is 17.9 Å². The summed E-state index contributed by atoms with van der Waals surface area (Å²) in [6, 6.07) is 5.97. The Kier molecular flexibility index (Phi) is 5.95. The minimum atomic E-state index is -0.570. The van der Waals surface area contributed by atoms with Gasteiger partial charge >= 0.3 is 11.7 Å². The third kappa shape index (κ3) is 4.58. The van der Waals surface area contributed by atoms with Crippen LogP contribution < -0.4 is 21.0 Å². The number of rotatable bonds is 6. The van der Waals surface area contributed by atoms with Crippen LogP contribution in [0.15, 0.2) is 33.5 Å². The molecule has 2 aromatic rings. The molecule has 3 amide bonds. The molecule has 0 radical (unpaired) electrons. The molecule has 0 saturated carbocycles. The Labute approximate surface area is 139 Å². The molecule has 0 fully saturated rings. The predicted octanol–water partition coefficient (Wildman–Crippen LogP) is 1.97. The van der Waals surface area contributed by atoms with Crippen LogP contribution in [0.5, 0.6) is 5.75 Å². The molecule has 0 atom stereocenters. The summed E-state index contributed by atoms with van der Waals surface area (Å²) in [5, 5.41) is 5.43. The van der Waals surface area contributed by atoms with Crippen molar-refractivity contribution < 1.29 is 18.7 Å². The van der Waals surface area contributed by atoms with E-state index in [1.807, 2.05) is 6.92 Å². The van der Waals surface area contributed by atoms with Gasteiger partial charge in [-0.3, -0.25) is 10.1 Å². The number of urea groups is 1. The molecule has 0 unspecified atom stereocenters. The quantitative estimate of drug-likeness (QED) is 0.788. The van der Waals surface area contributed by atoms with Gasteiger partial charge in [0.05, 0.1) is 0 Å². The van der Waals surface area contributed by atoms with Crippen molar-refractivity contribution in [2.45, 2.75) is 26.7 Å². The van der Waals surface area contributed by atoms with E-state index in [9.17, 15) is 14.4 Å². The summed E-state index contributed by atoms with van der Waals surface area (Å²) < 4.78 is 10.5. The Morgan fingerprint density at radius 3 is 2.71 bits per heavy atom. The SMILES string of the molecule is CCCc1cc(=O)oc2cc(OCC(=O)NC(=O)NCC)ccc12. The smallest absolute Gasteiger partial charge is 0.336 e. The van der Waals surface area contributed by atoms with Gasteiger partial charge < -0.3 is 14.5 Å². The van der Waals surface area contributed by atoms with Gasteiger partial charge in [-0.15, -0.1) is 0 Å². The summed E-state index contributed by atoms with van der Waals surface area (Å²) in [7, 11) is 0. The van der Waals surface area contributed by atoms with Crippen LogP contribution >= 0.6 is 0 Å². The van der Waals surface area contributed by atoms with E-state index in [4.69, 9.17) is 9.15 Å². The van der Waals surface area contributed by atoms with Gasteiger partial charge in [0.15, 0.2) is 6.61 Å². The summed E-state index contributed by atoms with van der Waals surface area (Å²) in [5.74, 6) is -0.187. The van der Waals surface area contributed by atoms with Crippen molar-refractivity contribution in [1.29, 1.82) is 0 Å². The number of hydrogen-bond acceptors (Lipinski definition) is 5. The van der Waals surface area contributed by atoms with E-state index in [1.165, 1.54) is 6.07 Å². The third-order valence-electron chi connectivity index (χ3n) is 3.28. The van der Waals surface area contributed by atoms with Gasteiger partial charge in [-0.05, 0) is 31.0 Å². The zero-order valence-electron chi connectivity index (χ0n) is 13.7. The Hall–Kier alpha value is -2.83. The van der Waals surface area contributed by atoms with Crippen molar-refractivity contribution in [3.63, 3.8) is 0 Å². The molecule has 0 aliphatic heterocycles. The number of aryl methyl sites for hydroxylation is 1. The monoisotopic (exact) mass is 332 g/mol. The second-order valence-corrected chi connectivity index (χ2v) is 5.19. The molecule has 0 bridgehead atoms. The fraction of sp³-hybridized carbons (Fsp3) is 0.353. The first-order valence-electron chi connectivity index (χ1n) is 7.80. The first-order chi connectivity index (χ1) is 11.5. The second kappa shape index (κ2) is 8.14. The predicted molar refractivity (Wildman–Crippen MR) is 89.2 cm³/mol. The standard InChI is InChI=1S/C17H20N2O5/c1-3-5-11-8-16(21)24-14-9-12(6-7-13(11)14)23-10-15(20)19-17(22)18-4-2/h6-9H,3-5,10H2,1-2H3,(H2,18,19,20,22). The molecule has 0 saturated heterocycles. The number of hydrogen-bond donors (Lipinski definition) is 2. The molecular weight excluding hydrogens is 312 g/mol. The highest BCUT2D eigenvalue weighted by Gasteiger charge is 2.10. The van der Waals surface area contributed by atoms with Gasteiger partial charge in [-0.25, -0.2) is 9.59 Å². The number of carbonyl (C=O) groups is 2. The fourth-order valence-electron chi connectivity index (χ4n) is 2.29. The van der Waals surface area contributed by atoms with E-state index in [1.54, 1.807) is 25.1 Å². The highest BCUT2D eigenvalue weighted by atomic mass is 16.5. The van der Waals surface area contributed by atoms with Crippen LogP contribution in [-0.4, -0.2) is 25.1 Å². The molecular formula is C17H20N2O5. The number of amides is 3. The van der Waals surface area contributed by atoms with Crippen LogP contribution in [0.3, 0.4) is 0 Å². The first kappa shape index (κ1) is 17.5. The largest absolute Gasteiger partial charge is 0.484 e. The minimum Gasteiger partial charge on any atom is -0.484 e. The van der Waals surface area contributed by atoms with Crippen molar-refractivity contribution in [3.05, 3.63) is 40.2 Å². The summed E-state index contributed by atoms with van der Waals surface area (Å²) in [4.78, 5) is 34.4.